The maximum Gasteiger partial charge on any atom is 0.262 e. The number of rotatable bonds is 8. The Morgan fingerprint density at radius 2 is 1.97 bits per heavy atom. The van der Waals surface area contributed by atoms with Crippen LogP contribution in [0.2, 0.25) is 10.0 Å². The van der Waals surface area contributed by atoms with Crippen LogP contribution < -0.4 is 14.8 Å². The van der Waals surface area contributed by atoms with Crippen LogP contribution in [-0.2, 0) is 11.4 Å². The van der Waals surface area contributed by atoms with E-state index < -0.39 is 5.91 Å². The Hall–Kier alpha value is -2.20. The van der Waals surface area contributed by atoms with Crippen LogP contribution in [0.5, 0.6) is 11.5 Å². The fraction of sp³-hybridized carbons (Fsp3) is 0.273. The summed E-state index contributed by atoms with van der Waals surface area (Å²) in [6.07, 6.45) is 1.51. The molecule has 30 heavy (non-hydrogen) atoms. The number of hydrogen-bond donors (Lipinski definition) is 1. The van der Waals surface area contributed by atoms with Gasteiger partial charge in [0.05, 0.1) is 21.1 Å². The first-order chi connectivity index (χ1) is 14.2. The first-order valence-corrected chi connectivity index (χ1v) is 10.8. The normalized spacial score (nSPS) is 11.2. The highest BCUT2D eigenvalue weighted by atomic mass is 79.9. The summed E-state index contributed by atoms with van der Waals surface area (Å²) in [7, 11) is 0. The summed E-state index contributed by atoms with van der Waals surface area (Å²) in [5, 5.41) is 13.0. The minimum absolute atomic E-state index is 0.00234. The van der Waals surface area contributed by atoms with Gasteiger partial charge < -0.3 is 14.8 Å². The van der Waals surface area contributed by atoms with Gasteiger partial charge in [-0.05, 0) is 78.2 Å². The summed E-state index contributed by atoms with van der Waals surface area (Å²) in [6, 6.07) is 10.6. The predicted molar refractivity (Wildman–Crippen MR) is 123 cm³/mol. The van der Waals surface area contributed by atoms with Crippen molar-refractivity contribution in [2.45, 2.75) is 33.4 Å². The Balaban J connectivity index is 2.32. The molecule has 8 heteroatoms. The number of benzene rings is 2. The molecule has 5 nitrogen and oxygen atoms in total. The summed E-state index contributed by atoms with van der Waals surface area (Å²) in [6.45, 7) is 6.19. The molecular weight excluding hydrogens is 491 g/mol. The first kappa shape index (κ1) is 24.1. The van der Waals surface area contributed by atoms with Crippen molar-refractivity contribution in [3.05, 3.63) is 61.5 Å². The molecule has 1 N–H and O–H groups in total. The molecule has 0 atom stereocenters. The van der Waals surface area contributed by atoms with Crippen molar-refractivity contribution in [3.63, 3.8) is 0 Å². The van der Waals surface area contributed by atoms with Crippen molar-refractivity contribution in [2.75, 3.05) is 6.61 Å². The molecule has 0 aliphatic heterocycles. The third kappa shape index (κ3) is 6.66. The van der Waals surface area contributed by atoms with Crippen molar-refractivity contribution in [2.24, 2.45) is 0 Å². The fourth-order valence-corrected chi connectivity index (χ4v) is 3.41. The van der Waals surface area contributed by atoms with Crippen LogP contribution in [0.15, 0.2) is 40.4 Å². The SMILES string of the molecule is CCOc1cc(/C=C(/C#N)C(=O)NC(C)C)cc(Br)c1OCc1ccc(Cl)c(Cl)c1. The molecule has 0 spiro atoms. The van der Waals surface area contributed by atoms with Crippen molar-refractivity contribution in [1.82, 2.24) is 5.32 Å². The van der Waals surface area contributed by atoms with Crippen LogP contribution in [0.3, 0.4) is 0 Å². The molecule has 0 fully saturated rings. The van der Waals surface area contributed by atoms with Crippen LogP contribution in [0, 0.1) is 11.3 Å². The van der Waals surface area contributed by atoms with Gasteiger partial charge in [-0.2, -0.15) is 5.26 Å². The zero-order chi connectivity index (χ0) is 22.3. The summed E-state index contributed by atoms with van der Waals surface area (Å²) >= 11 is 15.5. The lowest BCUT2D eigenvalue weighted by Crippen LogP contribution is -2.30. The van der Waals surface area contributed by atoms with Crippen LogP contribution in [0.4, 0.5) is 0 Å². The van der Waals surface area contributed by atoms with E-state index in [-0.39, 0.29) is 18.2 Å². The molecule has 0 aliphatic carbocycles. The van der Waals surface area contributed by atoms with E-state index in [1.807, 2.05) is 32.9 Å². The van der Waals surface area contributed by atoms with Crippen LogP contribution in [0.1, 0.15) is 31.9 Å². The number of ether oxygens (including phenoxy) is 2. The summed E-state index contributed by atoms with van der Waals surface area (Å²) in [5.41, 5.74) is 1.48. The Morgan fingerprint density at radius 3 is 2.57 bits per heavy atom. The van der Waals surface area contributed by atoms with Gasteiger partial charge in [0.15, 0.2) is 11.5 Å². The Bertz CT molecular complexity index is 1000. The van der Waals surface area contributed by atoms with E-state index in [0.717, 1.165) is 5.56 Å². The third-order valence-corrected chi connectivity index (χ3v) is 5.12. The molecule has 0 aliphatic rings. The van der Waals surface area contributed by atoms with Gasteiger partial charge in [-0.3, -0.25) is 4.79 Å². The Labute approximate surface area is 194 Å². The zero-order valence-corrected chi connectivity index (χ0v) is 19.9. The van der Waals surface area contributed by atoms with Crippen molar-refractivity contribution in [1.29, 1.82) is 5.26 Å². The molecule has 0 saturated heterocycles. The fourth-order valence-electron chi connectivity index (χ4n) is 2.51. The lowest BCUT2D eigenvalue weighted by molar-refractivity contribution is -0.117. The minimum atomic E-state index is -0.429. The second-order valence-corrected chi connectivity index (χ2v) is 8.27. The molecule has 0 bridgehead atoms. The van der Waals surface area contributed by atoms with Crippen LogP contribution in [0.25, 0.3) is 6.08 Å². The number of carbonyl (C=O) groups excluding carboxylic acids is 1. The van der Waals surface area contributed by atoms with E-state index >= 15 is 0 Å². The number of nitrogens with zero attached hydrogens (tertiary/aromatic N) is 1. The number of amides is 1. The lowest BCUT2D eigenvalue weighted by atomic mass is 10.1. The lowest BCUT2D eigenvalue weighted by Gasteiger charge is -2.15. The average Bonchev–Trinajstić information content (AvgIpc) is 2.67. The molecule has 158 valence electrons. The van der Waals surface area contributed by atoms with E-state index in [1.54, 1.807) is 24.3 Å². The first-order valence-electron chi connectivity index (χ1n) is 9.20. The van der Waals surface area contributed by atoms with E-state index in [4.69, 9.17) is 32.7 Å². The molecule has 0 unspecified atom stereocenters. The highest BCUT2D eigenvalue weighted by molar-refractivity contribution is 9.10. The second kappa shape index (κ2) is 11.3. The maximum atomic E-state index is 12.2. The molecule has 1 amide bonds. The van der Waals surface area contributed by atoms with Crippen molar-refractivity contribution >= 4 is 51.1 Å². The predicted octanol–water partition coefficient (Wildman–Crippen LogP) is 6.17. The van der Waals surface area contributed by atoms with E-state index in [0.29, 0.717) is 38.2 Å². The van der Waals surface area contributed by atoms with Crippen LogP contribution >= 0.6 is 39.1 Å². The van der Waals surface area contributed by atoms with E-state index in [2.05, 4.69) is 21.2 Å². The summed E-state index contributed by atoms with van der Waals surface area (Å²) < 4.78 is 12.3. The number of nitriles is 1. The van der Waals surface area contributed by atoms with Gasteiger partial charge in [0.25, 0.3) is 5.91 Å². The maximum absolute atomic E-state index is 12.2. The number of halogens is 3. The molecule has 0 heterocycles. The van der Waals surface area contributed by atoms with Gasteiger partial charge in [-0.15, -0.1) is 0 Å². The van der Waals surface area contributed by atoms with E-state index in [1.165, 1.54) is 6.08 Å². The number of nitrogens with one attached hydrogen (secondary N) is 1. The van der Waals surface area contributed by atoms with Crippen molar-refractivity contribution in [3.8, 4) is 17.6 Å². The van der Waals surface area contributed by atoms with Crippen LogP contribution in [-0.4, -0.2) is 18.6 Å². The Morgan fingerprint density at radius 1 is 1.23 bits per heavy atom. The number of carbonyl (C=O) groups is 1. The largest absolute Gasteiger partial charge is 0.490 e. The molecule has 0 radical (unpaired) electrons. The average molecular weight is 512 g/mol. The molecule has 0 aromatic heterocycles. The summed E-state index contributed by atoms with van der Waals surface area (Å²) in [5.74, 6) is 0.562. The third-order valence-electron chi connectivity index (χ3n) is 3.79. The van der Waals surface area contributed by atoms with Gasteiger partial charge in [0.1, 0.15) is 18.2 Å². The highest BCUT2D eigenvalue weighted by Gasteiger charge is 2.15. The quantitative estimate of drug-likeness (QED) is 0.340. The standard InChI is InChI=1S/C22H21BrCl2N2O3/c1-4-29-20-10-15(7-16(11-26)22(28)27-13(2)3)8-17(23)21(20)30-12-14-5-6-18(24)19(25)9-14/h5-10,13H,4,12H2,1-3H3,(H,27,28)/b16-7-. The molecule has 2 aromatic rings. The van der Waals surface area contributed by atoms with Crippen molar-refractivity contribution < 1.29 is 14.3 Å². The van der Waals surface area contributed by atoms with Gasteiger partial charge >= 0.3 is 0 Å². The molecular formula is C22H21BrCl2N2O3. The van der Waals surface area contributed by atoms with E-state index in [9.17, 15) is 10.1 Å². The van der Waals surface area contributed by atoms with Gasteiger partial charge in [0, 0.05) is 6.04 Å². The van der Waals surface area contributed by atoms with Gasteiger partial charge in [-0.25, -0.2) is 0 Å². The molecule has 0 saturated carbocycles. The minimum Gasteiger partial charge on any atom is -0.490 e. The van der Waals surface area contributed by atoms with Gasteiger partial charge in [0.2, 0.25) is 0 Å². The van der Waals surface area contributed by atoms with Gasteiger partial charge in [-0.1, -0.05) is 29.3 Å². The Kier molecular flexibility index (Phi) is 9.04. The number of hydrogen-bond acceptors (Lipinski definition) is 4. The smallest absolute Gasteiger partial charge is 0.262 e. The monoisotopic (exact) mass is 510 g/mol. The zero-order valence-electron chi connectivity index (χ0n) is 16.8. The summed E-state index contributed by atoms with van der Waals surface area (Å²) in [4.78, 5) is 12.2. The topological polar surface area (TPSA) is 71.3 Å². The molecule has 2 aromatic carbocycles. The molecule has 2 rings (SSSR count). The second-order valence-electron chi connectivity index (χ2n) is 6.60. The highest BCUT2D eigenvalue weighted by Crippen LogP contribution is 2.38.